The number of nitrogens with zero attached hydrogens (tertiary/aromatic N) is 2. The number of benzene rings is 3. The van der Waals surface area contributed by atoms with E-state index in [1.54, 1.807) is 6.07 Å². The van der Waals surface area contributed by atoms with Crippen molar-refractivity contribution in [3.63, 3.8) is 0 Å². The molecule has 146 valence electrons. The van der Waals surface area contributed by atoms with E-state index in [9.17, 15) is 9.59 Å². The van der Waals surface area contributed by atoms with Gasteiger partial charge in [0.15, 0.2) is 5.78 Å². The topological polar surface area (TPSA) is 52.0 Å². The van der Waals surface area contributed by atoms with Crippen LogP contribution in [0.2, 0.25) is 0 Å². The van der Waals surface area contributed by atoms with Gasteiger partial charge < -0.3 is 0 Å². The van der Waals surface area contributed by atoms with Gasteiger partial charge in [0, 0.05) is 21.0 Å². The normalized spacial score (nSPS) is 11.2. The van der Waals surface area contributed by atoms with Crippen molar-refractivity contribution in [2.45, 2.75) is 6.54 Å². The average molecular weight is 475 g/mol. The minimum Gasteiger partial charge on any atom is -0.292 e. The Morgan fingerprint density at radius 1 is 1.00 bits per heavy atom. The first kappa shape index (κ1) is 18.9. The van der Waals surface area contributed by atoms with Gasteiger partial charge in [0.2, 0.25) is 0 Å². The molecule has 0 spiro atoms. The summed E-state index contributed by atoms with van der Waals surface area (Å²) in [5, 5.41) is 4.57. The molecule has 3 aromatic carbocycles. The summed E-state index contributed by atoms with van der Waals surface area (Å²) < 4.78 is 2.37. The number of ketones is 1. The van der Waals surface area contributed by atoms with Crippen LogP contribution in [0.15, 0.2) is 87.7 Å². The van der Waals surface area contributed by atoms with Crippen LogP contribution in [-0.2, 0) is 6.54 Å². The number of hydrogen-bond acceptors (Lipinski definition) is 4. The van der Waals surface area contributed by atoms with Crippen LogP contribution in [0.25, 0.3) is 32.1 Å². The zero-order valence-electron chi connectivity index (χ0n) is 15.7. The molecule has 5 rings (SSSR count). The molecule has 0 N–H and O–H groups in total. The average Bonchev–Trinajstić information content (AvgIpc) is 3.21. The molecule has 30 heavy (non-hydrogen) atoms. The third-order valence-corrected chi connectivity index (χ3v) is 6.52. The van der Waals surface area contributed by atoms with Crippen molar-refractivity contribution >= 4 is 54.0 Å². The Labute approximate surface area is 184 Å². The minimum atomic E-state index is -0.201. The fraction of sp³-hybridized carbons (Fsp3) is 0.0417. The van der Waals surface area contributed by atoms with Crippen molar-refractivity contribution in [1.82, 2.24) is 9.55 Å². The summed E-state index contributed by atoms with van der Waals surface area (Å²) in [4.78, 5) is 31.2. The first-order valence-corrected chi connectivity index (χ1v) is 11.0. The molecule has 2 aromatic heterocycles. The van der Waals surface area contributed by atoms with Crippen LogP contribution in [0.4, 0.5) is 0 Å². The molecule has 0 atom stereocenters. The first-order valence-electron chi connectivity index (χ1n) is 9.35. The number of carbonyl (C=O) groups is 1. The van der Waals surface area contributed by atoms with Crippen molar-refractivity contribution in [3.05, 3.63) is 98.8 Å². The Kier molecular flexibility index (Phi) is 4.81. The molecule has 0 amide bonds. The Morgan fingerprint density at radius 2 is 1.77 bits per heavy atom. The molecular formula is C24H15BrN2O2S. The molecule has 0 aliphatic rings. The van der Waals surface area contributed by atoms with Gasteiger partial charge in [0.05, 0.1) is 18.3 Å². The summed E-state index contributed by atoms with van der Waals surface area (Å²) in [6.45, 7) is -0.0459. The largest absolute Gasteiger partial charge is 0.292 e. The maximum Gasteiger partial charge on any atom is 0.263 e. The van der Waals surface area contributed by atoms with Crippen molar-refractivity contribution in [2.24, 2.45) is 0 Å². The molecule has 0 saturated carbocycles. The van der Waals surface area contributed by atoms with Crippen LogP contribution >= 0.6 is 27.3 Å². The Balaban J connectivity index is 1.53. The summed E-state index contributed by atoms with van der Waals surface area (Å²) in [6, 6.07) is 21.3. The quantitative estimate of drug-likeness (QED) is 0.303. The van der Waals surface area contributed by atoms with Crippen LogP contribution < -0.4 is 5.56 Å². The van der Waals surface area contributed by atoms with E-state index in [1.165, 1.54) is 22.2 Å². The molecular weight excluding hydrogens is 460 g/mol. The zero-order chi connectivity index (χ0) is 20.7. The lowest BCUT2D eigenvalue weighted by atomic mass is 10.0. The van der Waals surface area contributed by atoms with Gasteiger partial charge in [-0.2, -0.15) is 0 Å². The highest BCUT2D eigenvalue weighted by Crippen LogP contribution is 2.31. The number of Topliss-reactive ketones (excluding diaryl/α,β-unsaturated/α-hetero) is 1. The second kappa shape index (κ2) is 7.63. The molecule has 0 bridgehead atoms. The molecule has 4 nitrogen and oxygen atoms in total. The van der Waals surface area contributed by atoms with Gasteiger partial charge >= 0.3 is 0 Å². The van der Waals surface area contributed by atoms with E-state index in [4.69, 9.17) is 0 Å². The van der Waals surface area contributed by atoms with E-state index >= 15 is 0 Å². The molecule has 0 fully saturated rings. The Bertz CT molecular complexity index is 1470. The number of aromatic nitrogens is 2. The van der Waals surface area contributed by atoms with Crippen LogP contribution in [-0.4, -0.2) is 15.3 Å². The molecule has 0 saturated heterocycles. The number of halogens is 1. The van der Waals surface area contributed by atoms with Gasteiger partial charge in [-0.15, -0.1) is 11.3 Å². The van der Waals surface area contributed by atoms with Gasteiger partial charge in [-0.05, 0) is 34.5 Å². The van der Waals surface area contributed by atoms with Crippen LogP contribution in [0.3, 0.4) is 0 Å². The van der Waals surface area contributed by atoms with Gasteiger partial charge in [0.25, 0.3) is 5.56 Å². The van der Waals surface area contributed by atoms with E-state index in [0.29, 0.717) is 15.8 Å². The van der Waals surface area contributed by atoms with Gasteiger partial charge in [-0.25, -0.2) is 4.98 Å². The van der Waals surface area contributed by atoms with Crippen molar-refractivity contribution in [1.29, 1.82) is 0 Å². The summed E-state index contributed by atoms with van der Waals surface area (Å²) in [5.41, 5.74) is 2.17. The molecule has 0 aliphatic heterocycles. The lowest BCUT2D eigenvalue weighted by Gasteiger charge is -2.07. The number of rotatable bonds is 4. The van der Waals surface area contributed by atoms with Gasteiger partial charge in [-0.1, -0.05) is 64.5 Å². The highest BCUT2D eigenvalue weighted by Gasteiger charge is 2.15. The van der Waals surface area contributed by atoms with E-state index in [2.05, 4.69) is 20.9 Å². The molecule has 0 radical (unpaired) electrons. The number of fused-ring (bicyclic) bond motifs is 2. The monoisotopic (exact) mass is 474 g/mol. The van der Waals surface area contributed by atoms with Crippen molar-refractivity contribution in [3.8, 4) is 11.1 Å². The molecule has 0 unspecified atom stereocenters. The van der Waals surface area contributed by atoms with Crippen LogP contribution in [0.5, 0.6) is 0 Å². The Morgan fingerprint density at radius 3 is 2.57 bits per heavy atom. The van der Waals surface area contributed by atoms with Gasteiger partial charge in [0.1, 0.15) is 4.83 Å². The highest BCUT2D eigenvalue weighted by atomic mass is 79.9. The summed E-state index contributed by atoms with van der Waals surface area (Å²) in [5.74, 6) is -0.121. The molecule has 6 heteroatoms. The van der Waals surface area contributed by atoms with E-state index < -0.39 is 0 Å². The number of thiophene rings is 1. The Hall–Kier alpha value is -3.09. The van der Waals surface area contributed by atoms with E-state index in [-0.39, 0.29) is 17.9 Å². The smallest absolute Gasteiger partial charge is 0.263 e. The maximum atomic E-state index is 13.2. The van der Waals surface area contributed by atoms with Crippen LogP contribution in [0.1, 0.15) is 10.4 Å². The number of hydrogen-bond donors (Lipinski definition) is 0. The van der Waals surface area contributed by atoms with Gasteiger partial charge in [-0.3, -0.25) is 14.2 Å². The third kappa shape index (κ3) is 3.38. The van der Waals surface area contributed by atoms with E-state index in [0.717, 1.165) is 26.4 Å². The zero-order valence-corrected chi connectivity index (χ0v) is 18.1. The second-order valence-electron chi connectivity index (χ2n) is 7.00. The second-order valence-corrected chi connectivity index (χ2v) is 8.77. The maximum absolute atomic E-state index is 13.2. The van der Waals surface area contributed by atoms with Crippen LogP contribution in [0, 0.1) is 0 Å². The predicted octanol–water partition coefficient (Wildman–Crippen LogP) is 5.92. The fourth-order valence-corrected chi connectivity index (χ4v) is 4.70. The standard InChI is InChI=1S/C24H15BrN2O2S/c25-19-9-7-16(8-10-19)20-13-30-23-22(20)24(29)27(14-26-23)12-21(28)18-6-5-15-3-1-2-4-17(15)11-18/h1-11,13-14H,12H2. The van der Waals surface area contributed by atoms with Crippen molar-refractivity contribution in [2.75, 3.05) is 0 Å². The minimum absolute atomic E-state index is 0.0459. The molecule has 5 aromatic rings. The predicted molar refractivity (Wildman–Crippen MR) is 125 cm³/mol. The molecule has 2 heterocycles. The fourth-order valence-electron chi connectivity index (χ4n) is 3.53. The third-order valence-electron chi connectivity index (χ3n) is 5.10. The lowest BCUT2D eigenvalue weighted by molar-refractivity contribution is 0.0971. The summed E-state index contributed by atoms with van der Waals surface area (Å²) >= 11 is 4.87. The first-order chi connectivity index (χ1) is 14.6. The van der Waals surface area contributed by atoms with Crippen molar-refractivity contribution < 1.29 is 4.79 Å². The SMILES string of the molecule is O=C(Cn1cnc2scc(-c3ccc(Br)cc3)c2c1=O)c1ccc2ccccc2c1. The lowest BCUT2D eigenvalue weighted by Crippen LogP contribution is -2.24. The number of carbonyl (C=O) groups excluding carboxylic acids is 1. The summed E-state index contributed by atoms with van der Waals surface area (Å²) in [6.07, 6.45) is 1.46. The molecule has 0 aliphatic carbocycles. The highest BCUT2D eigenvalue weighted by molar-refractivity contribution is 9.10. The summed E-state index contributed by atoms with van der Waals surface area (Å²) in [7, 11) is 0. The van der Waals surface area contributed by atoms with E-state index in [1.807, 2.05) is 66.0 Å².